The molecule has 2 rings (SSSR count). The molecule has 0 aliphatic heterocycles. The monoisotopic (exact) mass is 356 g/mol. The van der Waals surface area contributed by atoms with Gasteiger partial charge in [-0.3, -0.25) is 14.6 Å². The van der Waals surface area contributed by atoms with Crippen LogP contribution in [-0.4, -0.2) is 34.3 Å². The molecule has 1 aromatic carbocycles. The standard InChI is InChI=1S/C13H14ClFN6O3/c1-17-13-20-9(8(16)10(22)21-13)19-12(24)11(23)18-5-2-3-6(14)7(15)4-5/h2-4,11,18,23H,16H2,1H3,(H3,17,19,20,21,22,24). The number of hydrogen-bond acceptors (Lipinski definition) is 7. The maximum Gasteiger partial charge on any atom is 0.277 e. The number of nitrogen functional groups attached to an aromatic ring is 1. The van der Waals surface area contributed by atoms with Gasteiger partial charge in [0, 0.05) is 12.7 Å². The summed E-state index contributed by atoms with van der Waals surface area (Å²) in [5.41, 5.74) is 4.67. The van der Waals surface area contributed by atoms with Crippen LogP contribution in [0.2, 0.25) is 5.02 Å². The second-order valence-electron chi connectivity index (χ2n) is 4.59. The number of nitrogens with two attached hydrogens (primary N) is 1. The van der Waals surface area contributed by atoms with E-state index >= 15 is 0 Å². The summed E-state index contributed by atoms with van der Waals surface area (Å²) in [4.78, 5) is 29.7. The number of halogens is 2. The van der Waals surface area contributed by atoms with Crippen LogP contribution in [0.15, 0.2) is 23.0 Å². The number of rotatable bonds is 5. The molecule has 11 heteroatoms. The molecule has 9 nitrogen and oxygen atoms in total. The third-order valence-electron chi connectivity index (χ3n) is 2.91. The number of aromatic amines is 1. The minimum absolute atomic E-state index is 0.0757. The van der Waals surface area contributed by atoms with E-state index < -0.39 is 23.5 Å². The van der Waals surface area contributed by atoms with Crippen LogP contribution in [0.25, 0.3) is 0 Å². The van der Waals surface area contributed by atoms with E-state index in [1.807, 2.05) is 0 Å². The average molecular weight is 357 g/mol. The van der Waals surface area contributed by atoms with Gasteiger partial charge in [-0.25, -0.2) is 4.39 Å². The Balaban J connectivity index is 2.13. The van der Waals surface area contributed by atoms with Gasteiger partial charge in [0.2, 0.25) is 12.2 Å². The highest BCUT2D eigenvalue weighted by Gasteiger charge is 2.18. The molecule has 2 aromatic rings. The molecule has 1 unspecified atom stereocenters. The number of aromatic nitrogens is 2. The number of aliphatic hydroxyl groups is 1. The lowest BCUT2D eigenvalue weighted by atomic mass is 10.3. The van der Waals surface area contributed by atoms with Gasteiger partial charge in [0.05, 0.1) is 5.02 Å². The molecule has 7 N–H and O–H groups in total. The number of nitrogens with zero attached hydrogens (tertiary/aromatic N) is 1. The van der Waals surface area contributed by atoms with Crippen molar-refractivity contribution in [3.63, 3.8) is 0 Å². The van der Waals surface area contributed by atoms with E-state index in [1.165, 1.54) is 19.2 Å². The van der Waals surface area contributed by atoms with Crippen LogP contribution in [0.3, 0.4) is 0 Å². The van der Waals surface area contributed by atoms with Crippen molar-refractivity contribution in [1.82, 2.24) is 9.97 Å². The molecule has 0 spiro atoms. The summed E-state index contributed by atoms with van der Waals surface area (Å²) in [5, 5.41) is 16.9. The highest BCUT2D eigenvalue weighted by atomic mass is 35.5. The first-order valence-corrected chi connectivity index (χ1v) is 6.97. The number of H-pyrrole nitrogens is 1. The predicted octanol–water partition coefficient (Wildman–Crippen LogP) is 0.555. The Hall–Kier alpha value is -2.85. The van der Waals surface area contributed by atoms with Crippen LogP contribution in [0.4, 0.5) is 27.5 Å². The first kappa shape index (κ1) is 17.5. The van der Waals surface area contributed by atoms with Crippen molar-refractivity contribution in [2.24, 2.45) is 0 Å². The van der Waals surface area contributed by atoms with Crippen molar-refractivity contribution >= 4 is 40.6 Å². The van der Waals surface area contributed by atoms with Gasteiger partial charge in [-0.1, -0.05) is 11.6 Å². The summed E-state index contributed by atoms with van der Waals surface area (Å²) >= 11 is 5.54. The molecular formula is C13H14ClFN6O3. The Morgan fingerprint density at radius 1 is 1.50 bits per heavy atom. The van der Waals surface area contributed by atoms with Crippen molar-refractivity contribution in [3.05, 3.63) is 39.4 Å². The van der Waals surface area contributed by atoms with Gasteiger partial charge in [0.25, 0.3) is 11.5 Å². The third kappa shape index (κ3) is 3.91. The summed E-state index contributed by atoms with van der Waals surface area (Å²) in [6.07, 6.45) is -1.75. The quantitative estimate of drug-likeness (QED) is 0.429. The first-order valence-electron chi connectivity index (χ1n) is 6.60. The molecular weight excluding hydrogens is 343 g/mol. The van der Waals surface area contributed by atoms with Crippen LogP contribution < -0.4 is 27.2 Å². The molecule has 0 saturated carbocycles. The van der Waals surface area contributed by atoms with Gasteiger partial charge in [0.1, 0.15) is 11.5 Å². The molecule has 1 amide bonds. The topological polar surface area (TPSA) is 145 Å². The number of anilines is 4. The van der Waals surface area contributed by atoms with Crippen LogP contribution in [0.1, 0.15) is 0 Å². The predicted molar refractivity (Wildman–Crippen MR) is 88.5 cm³/mol. The van der Waals surface area contributed by atoms with Gasteiger partial charge in [-0.05, 0) is 18.2 Å². The summed E-state index contributed by atoms with van der Waals surface area (Å²) in [7, 11) is 1.51. The fourth-order valence-electron chi connectivity index (χ4n) is 1.69. The lowest BCUT2D eigenvalue weighted by molar-refractivity contribution is -0.122. The number of hydrogen-bond donors (Lipinski definition) is 6. The van der Waals surface area contributed by atoms with E-state index in [-0.39, 0.29) is 28.2 Å². The largest absolute Gasteiger partial charge is 0.391 e. The summed E-state index contributed by atoms with van der Waals surface area (Å²) in [5.74, 6) is -1.81. The molecule has 0 saturated heterocycles. The normalized spacial score (nSPS) is 11.7. The second kappa shape index (κ2) is 7.15. The smallest absolute Gasteiger partial charge is 0.277 e. The molecule has 128 valence electrons. The molecule has 1 heterocycles. The maximum absolute atomic E-state index is 13.3. The minimum atomic E-state index is -1.75. The molecule has 1 aromatic heterocycles. The van der Waals surface area contributed by atoms with E-state index in [1.54, 1.807) is 0 Å². The van der Waals surface area contributed by atoms with E-state index in [0.717, 1.165) is 6.07 Å². The molecule has 0 radical (unpaired) electrons. The number of aliphatic hydroxyl groups excluding tert-OH is 1. The van der Waals surface area contributed by atoms with Gasteiger partial charge < -0.3 is 26.8 Å². The van der Waals surface area contributed by atoms with Crippen LogP contribution in [-0.2, 0) is 4.79 Å². The molecule has 1 atom stereocenters. The van der Waals surface area contributed by atoms with Crippen molar-refractivity contribution in [2.75, 3.05) is 28.7 Å². The Kier molecular flexibility index (Phi) is 5.21. The highest BCUT2D eigenvalue weighted by molar-refractivity contribution is 6.30. The zero-order chi connectivity index (χ0) is 17.9. The van der Waals surface area contributed by atoms with E-state index in [2.05, 4.69) is 25.9 Å². The highest BCUT2D eigenvalue weighted by Crippen LogP contribution is 2.19. The SMILES string of the molecule is CNc1nc(NC(=O)C(O)Nc2ccc(Cl)c(F)c2)c(N)c(=O)[nH]1. The van der Waals surface area contributed by atoms with Crippen molar-refractivity contribution in [1.29, 1.82) is 0 Å². The van der Waals surface area contributed by atoms with Crippen LogP contribution in [0.5, 0.6) is 0 Å². The van der Waals surface area contributed by atoms with Crippen molar-refractivity contribution in [3.8, 4) is 0 Å². The Labute approximate surface area is 140 Å². The third-order valence-corrected chi connectivity index (χ3v) is 3.21. The fourth-order valence-corrected chi connectivity index (χ4v) is 1.81. The van der Waals surface area contributed by atoms with Gasteiger partial charge in [-0.2, -0.15) is 4.98 Å². The minimum Gasteiger partial charge on any atom is -0.391 e. The lowest BCUT2D eigenvalue weighted by Crippen LogP contribution is -2.35. The zero-order valence-electron chi connectivity index (χ0n) is 12.4. The molecule has 24 heavy (non-hydrogen) atoms. The Bertz CT molecular complexity index is 828. The van der Waals surface area contributed by atoms with E-state index in [9.17, 15) is 19.1 Å². The molecule has 0 aliphatic carbocycles. The number of carbonyl (C=O) groups is 1. The van der Waals surface area contributed by atoms with Gasteiger partial charge >= 0.3 is 0 Å². The number of nitrogens with one attached hydrogen (secondary N) is 4. The summed E-state index contributed by atoms with van der Waals surface area (Å²) in [6.45, 7) is 0. The second-order valence-corrected chi connectivity index (χ2v) is 5.00. The molecule has 0 aliphatic rings. The number of carbonyl (C=O) groups excluding carboxylic acids is 1. The van der Waals surface area contributed by atoms with E-state index in [0.29, 0.717) is 0 Å². The zero-order valence-corrected chi connectivity index (χ0v) is 13.1. The van der Waals surface area contributed by atoms with Crippen LogP contribution in [0, 0.1) is 5.82 Å². The summed E-state index contributed by atoms with van der Waals surface area (Å²) in [6, 6.07) is 3.65. The number of benzene rings is 1. The Morgan fingerprint density at radius 2 is 2.21 bits per heavy atom. The lowest BCUT2D eigenvalue weighted by Gasteiger charge is -2.15. The van der Waals surface area contributed by atoms with Crippen molar-refractivity contribution < 1.29 is 14.3 Å². The fraction of sp³-hybridized carbons (Fsp3) is 0.154. The van der Waals surface area contributed by atoms with Crippen molar-refractivity contribution in [2.45, 2.75) is 6.23 Å². The van der Waals surface area contributed by atoms with Gasteiger partial charge in [-0.15, -0.1) is 0 Å². The Morgan fingerprint density at radius 3 is 2.83 bits per heavy atom. The first-order chi connectivity index (χ1) is 11.3. The van der Waals surface area contributed by atoms with E-state index in [4.69, 9.17) is 17.3 Å². The maximum atomic E-state index is 13.3. The average Bonchev–Trinajstić information content (AvgIpc) is 2.54. The van der Waals surface area contributed by atoms with Crippen LogP contribution >= 0.6 is 11.6 Å². The summed E-state index contributed by atoms with van der Waals surface area (Å²) < 4.78 is 13.3. The molecule has 0 fully saturated rings. The molecule has 0 bridgehead atoms. The number of amides is 1. The van der Waals surface area contributed by atoms with Gasteiger partial charge in [0.15, 0.2) is 5.82 Å².